The topological polar surface area (TPSA) is 81.1 Å². The molecule has 2 heterocycles. The Labute approximate surface area is 228 Å². The second-order valence-corrected chi connectivity index (χ2v) is 10.2. The molecule has 1 saturated heterocycles. The number of hydrogen-bond donors (Lipinski definition) is 1. The summed E-state index contributed by atoms with van der Waals surface area (Å²) in [4.78, 5) is 18.6. The lowest BCUT2D eigenvalue weighted by atomic mass is 10.1. The van der Waals surface area contributed by atoms with Crippen LogP contribution >= 0.6 is 11.8 Å². The monoisotopic (exact) mass is 562 g/mol. The Balaban J connectivity index is 1.55. The van der Waals surface area contributed by atoms with Crippen LogP contribution in [0.3, 0.4) is 0 Å². The highest BCUT2D eigenvalue weighted by atomic mass is 32.2. The quantitative estimate of drug-likeness (QED) is 0.301. The molecule has 0 amide bonds. The van der Waals surface area contributed by atoms with Crippen molar-refractivity contribution in [1.29, 1.82) is 0 Å². The number of alkyl halides is 3. The van der Waals surface area contributed by atoms with Crippen LogP contribution in [0.2, 0.25) is 0 Å². The van der Waals surface area contributed by atoms with Gasteiger partial charge >= 0.3 is 12.1 Å². The van der Waals surface area contributed by atoms with Crippen molar-refractivity contribution in [2.24, 2.45) is 0 Å². The van der Waals surface area contributed by atoms with Crippen molar-refractivity contribution in [3.05, 3.63) is 71.4 Å². The molecule has 39 heavy (non-hydrogen) atoms. The zero-order chi connectivity index (χ0) is 27.8. The predicted molar refractivity (Wildman–Crippen MR) is 140 cm³/mol. The lowest BCUT2D eigenvalue weighted by Crippen LogP contribution is -2.36. The van der Waals surface area contributed by atoms with Gasteiger partial charge in [0.15, 0.2) is 6.61 Å². The number of ether oxygens (including phenoxy) is 3. The average Bonchev–Trinajstić information content (AvgIpc) is 2.88. The summed E-state index contributed by atoms with van der Waals surface area (Å²) in [5, 5.41) is 8.85. The van der Waals surface area contributed by atoms with Crippen molar-refractivity contribution < 1.29 is 37.3 Å². The van der Waals surface area contributed by atoms with Gasteiger partial charge in [0.25, 0.3) is 0 Å². The molecule has 1 fully saturated rings. The minimum Gasteiger partial charge on any atom is -0.482 e. The number of carbonyl (C=O) groups is 1. The third kappa shape index (κ3) is 8.61. The Morgan fingerprint density at radius 1 is 1.13 bits per heavy atom. The van der Waals surface area contributed by atoms with Crippen LogP contribution < -0.4 is 9.47 Å². The highest BCUT2D eigenvalue weighted by Gasteiger charge is 2.35. The summed E-state index contributed by atoms with van der Waals surface area (Å²) in [5.74, 6) is -0.823. The Morgan fingerprint density at radius 3 is 2.64 bits per heavy atom. The Bertz CT molecular complexity index is 1280. The molecule has 0 atom stereocenters. The van der Waals surface area contributed by atoms with Crippen LogP contribution in [0.25, 0.3) is 0 Å². The molecule has 0 aliphatic carbocycles. The van der Waals surface area contributed by atoms with Crippen LogP contribution in [0.5, 0.6) is 17.4 Å². The van der Waals surface area contributed by atoms with E-state index in [0.717, 1.165) is 72.7 Å². The fourth-order valence-electron chi connectivity index (χ4n) is 4.15. The van der Waals surface area contributed by atoms with Gasteiger partial charge in [-0.2, -0.15) is 13.2 Å². The number of pyridine rings is 1. The number of aryl methyl sites for hydroxylation is 2. The molecule has 4 rings (SSSR count). The molecule has 1 N–H and O–H groups in total. The first kappa shape index (κ1) is 28.7. The Morgan fingerprint density at radius 2 is 1.92 bits per heavy atom. The largest absolute Gasteiger partial charge is 0.482 e. The number of aromatic nitrogens is 1. The molecule has 0 spiro atoms. The smallest absolute Gasteiger partial charge is 0.421 e. The third-order valence-corrected chi connectivity index (χ3v) is 6.97. The van der Waals surface area contributed by atoms with E-state index in [4.69, 9.17) is 19.3 Å². The standard InChI is InChI=1S/C28H29F3N2O5S/c1-19-14-22(6-7-25(19)37-18-26(34)35)39-23-16-20(4-3-9-33-10-12-36-13-11-33)15-21(17-23)38-27-24(28(29,30)31)5-2-8-32-27/h2,5-8,14-17H,3-4,9-13,18H2,1H3,(H,34,35). The molecule has 0 saturated carbocycles. The molecule has 208 valence electrons. The van der Waals surface area contributed by atoms with Gasteiger partial charge in [-0.1, -0.05) is 11.8 Å². The number of aliphatic carboxylic acids is 1. The van der Waals surface area contributed by atoms with Crippen molar-refractivity contribution in [2.45, 2.75) is 35.7 Å². The summed E-state index contributed by atoms with van der Waals surface area (Å²) in [7, 11) is 0. The van der Waals surface area contributed by atoms with Crippen LogP contribution in [0.15, 0.2) is 64.5 Å². The minimum atomic E-state index is -4.60. The molecular formula is C28H29F3N2O5S. The van der Waals surface area contributed by atoms with Crippen LogP contribution in [0.4, 0.5) is 13.2 Å². The van der Waals surface area contributed by atoms with Gasteiger partial charge in [0.05, 0.1) is 13.2 Å². The first-order valence-electron chi connectivity index (χ1n) is 12.4. The van der Waals surface area contributed by atoms with E-state index >= 15 is 0 Å². The van der Waals surface area contributed by atoms with Crippen LogP contribution in [0, 0.1) is 6.92 Å². The molecule has 0 bridgehead atoms. The zero-order valence-corrected chi connectivity index (χ0v) is 22.2. The van der Waals surface area contributed by atoms with Gasteiger partial charge < -0.3 is 19.3 Å². The highest BCUT2D eigenvalue weighted by molar-refractivity contribution is 7.99. The van der Waals surface area contributed by atoms with Gasteiger partial charge in [0, 0.05) is 29.1 Å². The van der Waals surface area contributed by atoms with Crippen molar-refractivity contribution in [2.75, 3.05) is 39.5 Å². The first-order chi connectivity index (χ1) is 18.7. The molecule has 11 heteroatoms. The van der Waals surface area contributed by atoms with E-state index in [1.807, 2.05) is 19.1 Å². The highest BCUT2D eigenvalue weighted by Crippen LogP contribution is 2.39. The van der Waals surface area contributed by atoms with Gasteiger partial charge in [-0.15, -0.1) is 0 Å². The lowest BCUT2D eigenvalue weighted by Gasteiger charge is -2.26. The second-order valence-electron chi connectivity index (χ2n) is 9.04. The van der Waals surface area contributed by atoms with Crippen LogP contribution in [-0.4, -0.2) is 60.4 Å². The normalized spacial score (nSPS) is 14.3. The summed E-state index contributed by atoms with van der Waals surface area (Å²) >= 11 is 1.42. The molecule has 2 aromatic carbocycles. The molecule has 7 nitrogen and oxygen atoms in total. The number of carboxylic acids is 1. The van der Waals surface area contributed by atoms with Crippen molar-refractivity contribution in [3.63, 3.8) is 0 Å². The Kier molecular flexibility index (Phi) is 9.71. The summed E-state index contributed by atoms with van der Waals surface area (Å²) in [6.07, 6.45) is -1.74. The number of carboxylic acid groups (broad SMARTS) is 1. The molecule has 0 radical (unpaired) electrons. The van der Waals surface area contributed by atoms with E-state index in [1.165, 1.54) is 24.0 Å². The zero-order valence-electron chi connectivity index (χ0n) is 21.4. The maximum absolute atomic E-state index is 13.5. The van der Waals surface area contributed by atoms with Crippen molar-refractivity contribution in [1.82, 2.24) is 9.88 Å². The number of nitrogens with zero attached hydrogens (tertiary/aromatic N) is 2. The maximum atomic E-state index is 13.5. The number of hydrogen-bond acceptors (Lipinski definition) is 7. The van der Waals surface area contributed by atoms with Gasteiger partial charge in [0.1, 0.15) is 17.1 Å². The number of benzene rings is 2. The summed E-state index contributed by atoms with van der Waals surface area (Å²) in [6.45, 7) is 5.48. The van der Waals surface area contributed by atoms with Crippen LogP contribution in [-0.2, 0) is 22.1 Å². The second kappa shape index (κ2) is 13.2. The van der Waals surface area contributed by atoms with E-state index in [1.54, 1.807) is 24.3 Å². The van der Waals surface area contributed by atoms with Crippen molar-refractivity contribution >= 4 is 17.7 Å². The fraction of sp³-hybridized carbons (Fsp3) is 0.357. The van der Waals surface area contributed by atoms with E-state index in [-0.39, 0.29) is 5.75 Å². The summed E-state index contributed by atoms with van der Waals surface area (Å²) < 4.78 is 57.0. The van der Waals surface area contributed by atoms with Gasteiger partial charge in [-0.25, -0.2) is 9.78 Å². The third-order valence-electron chi connectivity index (χ3n) is 6.01. The molecular weight excluding hydrogens is 533 g/mol. The lowest BCUT2D eigenvalue weighted by molar-refractivity contribution is -0.140. The molecule has 1 aliphatic heterocycles. The average molecular weight is 563 g/mol. The predicted octanol–water partition coefficient (Wildman–Crippen LogP) is 6.08. The number of halogens is 3. The first-order valence-corrected chi connectivity index (χ1v) is 13.3. The summed E-state index contributed by atoms with van der Waals surface area (Å²) in [5.41, 5.74) is 0.762. The fourth-order valence-corrected chi connectivity index (χ4v) is 5.18. The van der Waals surface area contributed by atoms with E-state index in [9.17, 15) is 18.0 Å². The van der Waals surface area contributed by atoms with Gasteiger partial charge in [-0.3, -0.25) is 4.90 Å². The molecule has 3 aromatic rings. The van der Waals surface area contributed by atoms with E-state index in [2.05, 4.69) is 9.88 Å². The number of morpholine rings is 1. The molecule has 0 unspecified atom stereocenters. The minimum absolute atomic E-state index is 0.267. The van der Waals surface area contributed by atoms with Gasteiger partial charge in [0.2, 0.25) is 5.88 Å². The summed E-state index contributed by atoms with van der Waals surface area (Å²) in [6, 6.07) is 13.0. The van der Waals surface area contributed by atoms with Crippen LogP contribution in [0.1, 0.15) is 23.1 Å². The molecule has 1 aromatic heterocycles. The maximum Gasteiger partial charge on any atom is 0.421 e. The van der Waals surface area contributed by atoms with Gasteiger partial charge in [-0.05, 0) is 86.0 Å². The Hall–Kier alpha value is -3.28. The molecule has 1 aliphatic rings. The number of rotatable bonds is 11. The van der Waals surface area contributed by atoms with Crippen molar-refractivity contribution in [3.8, 4) is 17.4 Å². The van der Waals surface area contributed by atoms with E-state index < -0.39 is 30.2 Å². The SMILES string of the molecule is Cc1cc(Sc2cc(CCCN3CCOCC3)cc(Oc3ncccc3C(F)(F)F)c2)ccc1OCC(=O)O. The van der Waals surface area contributed by atoms with E-state index in [0.29, 0.717) is 5.75 Å².